The highest BCUT2D eigenvalue weighted by Crippen LogP contribution is 2.34. The molecule has 0 saturated heterocycles. The zero-order valence-corrected chi connectivity index (χ0v) is 12.3. The fraction of sp³-hybridized carbons (Fsp3) is 0.267. The first-order valence-corrected chi connectivity index (χ1v) is 6.63. The number of benzene rings is 1. The van der Waals surface area contributed by atoms with Crippen molar-refractivity contribution in [2.24, 2.45) is 0 Å². The number of aromatic nitrogens is 2. The molecule has 1 heterocycles. The molecule has 0 aliphatic carbocycles. The van der Waals surface area contributed by atoms with Gasteiger partial charge in [0.2, 0.25) is 0 Å². The molecule has 0 aliphatic rings. The lowest BCUT2D eigenvalue weighted by molar-refractivity contribution is -0.143. The lowest BCUT2D eigenvalue weighted by Gasteiger charge is -2.14. The Balaban J connectivity index is 2.65. The molecule has 0 amide bonds. The van der Waals surface area contributed by atoms with E-state index in [0.717, 1.165) is 6.20 Å². The molecule has 0 aliphatic heterocycles. The van der Waals surface area contributed by atoms with Gasteiger partial charge in [-0.15, -0.1) is 0 Å². The molecule has 8 heteroatoms. The molecule has 0 fully saturated rings. The van der Waals surface area contributed by atoms with Gasteiger partial charge >= 0.3 is 12.1 Å². The van der Waals surface area contributed by atoms with Crippen LogP contribution in [0.5, 0.6) is 0 Å². The Kier molecular flexibility index (Phi) is 4.40. The molecule has 0 N–H and O–H groups in total. The van der Waals surface area contributed by atoms with Crippen LogP contribution in [-0.4, -0.2) is 22.4 Å². The Hall–Kier alpha value is -2.82. The first-order chi connectivity index (χ1) is 10.8. The van der Waals surface area contributed by atoms with E-state index < -0.39 is 23.4 Å². The second kappa shape index (κ2) is 6.12. The lowest BCUT2D eigenvalue weighted by Crippen LogP contribution is -2.19. The van der Waals surface area contributed by atoms with Gasteiger partial charge < -0.3 is 4.74 Å². The highest BCUT2D eigenvalue weighted by molar-refractivity contribution is 5.90. The van der Waals surface area contributed by atoms with E-state index in [2.05, 4.69) is 9.84 Å². The predicted octanol–water partition coefficient (Wildman–Crippen LogP) is 3.25. The summed E-state index contributed by atoms with van der Waals surface area (Å²) in [6, 6.07) is 6.09. The third kappa shape index (κ3) is 3.18. The molecule has 120 valence electrons. The van der Waals surface area contributed by atoms with Gasteiger partial charge in [0.1, 0.15) is 5.56 Å². The monoisotopic (exact) mass is 323 g/mol. The second-order valence-corrected chi connectivity index (χ2v) is 4.65. The van der Waals surface area contributed by atoms with Crippen molar-refractivity contribution in [2.45, 2.75) is 20.0 Å². The minimum Gasteiger partial charge on any atom is -0.462 e. The van der Waals surface area contributed by atoms with Gasteiger partial charge in [0, 0.05) is 0 Å². The molecule has 5 nitrogen and oxygen atoms in total. The van der Waals surface area contributed by atoms with Crippen LogP contribution >= 0.6 is 0 Å². The minimum absolute atomic E-state index is 0.0444. The lowest BCUT2D eigenvalue weighted by atomic mass is 10.1. The average molecular weight is 323 g/mol. The Morgan fingerprint density at radius 3 is 2.65 bits per heavy atom. The molecule has 1 aromatic carbocycles. The molecule has 0 bridgehead atoms. The molecule has 0 atom stereocenters. The van der Waals surface area contributed by atoms with Crippen molar-refractivity contribution in [3.8, 4) is 11.8 Å². The highest BCUT2D eigenvalue weighted by atomic mass is 19.4. The molecule has 0 saturated carbocycles. The Morgan fingerprint density at radius 2 is 2.13 bits per heavy atom. The van der Waals surface area contributed by atoms with E-state index in [-0.39, 0.29) is 12.3 Å². The summed E-state index contributed by atoms with van der Waals surface area (Å²) in [5, 5.41) is 12.5. The summed E-state index contributed by atoms with van der Waals surface area (Å²) < 4.78 is 45.4. The van der Waals surface area contributed by atoms with Crippen molar-refractivity contribution in [1.29, 1.82) is 5.26 Å². The minimum atomic E-state index is -4.79. The van der Waals surface area contributed by atoms with Crippen LogP contribution in [0.4, 0.5) is 13.2 Å². The van der Waals surface area contributed by atoms with Crippen LogP contribution < -0.4 is 0 Å². The molecule has 23 heavy (non-hydrogen) atoms. The van der Waals surface area contributed by atoms with Crippen molar-refractivity contribution in [3.05, 3.63) is 46.8 Å². The van der Waals surface area contributed by atoms with Gasteiger partial charge in [-0.3, -0.25) is 0 Å². The van der Waals surface area contributed by atoms with Crippen LogP contribution in [0.1, 0.15) is 34.1 Å². The molecular formula is C15H12F3N3O2. The molecule has 0 radical (unpaired) electrons. The Labute approximate surface area is 129 Å². The van der Waals surface area contributed by atoms with Crippen LogP contribution in [-0.2, 0) is 10.9 Å². The maximum Gasteiger partial charge on any atom is 0.434 e. The second-order valence-electron chi connectivity index (χ2n) is 4.65. The van der Waals surface area contributed by atoms with Crippen LogP contribution in [0.25, 0.3) is 5.69 Å². The summed E-state index contributed by atoms with van der Waals surface area (Å²) in [5.74, 6) is -1.09. The summed E-state index contributed by atoms with van der Waals surface area (Å²) in [4.78, 5) is 11.7. The number of nitriles is 1. The van der Waals surface area contributed by atoms with Gasteiger partial charge in [-0.25, -0.2) is 9.48 Å². The zero-order chi connectivity index (χ0) is 17.2. The number of carbonyl (C=O) groups is 1. The smallest absolute Gasteiger partial charge is 0.434 e. The molecular weight excluding hydrogens is 311 g/mol. The maximum atomic E-state index is 13.4. The standard InChI is InChI=1S/C15H12F3N3O2/c1-3-23-14(22)11-8-20-21(13(11)15(16,17)18)12-5-4-10(7-19)6-9(12)2/h4-6,8H,3H2,1-2H3. The number of halogens is 3. The topological polar surface area (TPSA) is 67.9 Å². The SMILES string of the molecule is CCOC(=O)c1cnn(-c2ccc(C#N)cc2C)c1C(F)(F)F. The van der Waals surface area contributed by atoms with Gasteiger partial charge in [-0.1, -0.05) is 0 Å². The number of esters is 1. The first kappa shape index (κ1) is 16.5. The molecule has 0 spiro atoms. The van der Waals surface area contributed by atoms with Gasteiger partial charge in [0.25, 0.3) is 0 Å². The summed E-state index contributed by atoms with van der Waals surface area (Å²) in [6.45, 7) is 3.01. The van der Waals surface area contributed by atoms with E-state index in [1.165, 1.54) is 25.1 Å². The number of hydrogen-bond acceptors (Lipinski definition) is 4. The van der Waals surface area contributed by atoms with Crippen molar-refractivity contribution >= 4 is 5.97 Å². The third-order valence-electron chi connectivity index (χ3n) is 3.09. The number of nitrogens with zero attached hydrogens (tertiary/aromatic N) is 3. The van der Waals surface area contributed by atoms with Crippen LogP contribution in [0, 0.1) is 18.3 Å². The molecule has 0 unspecified atom stereocenters. The van der Waals surface area contributed by atoms with E-state index in [1.54, 1.807) is 6.92 Å². The van der Waals surface area contributed by atoms with E-state index in [1.807, 2.05) is 6.07 Å². The van der Waals surface area contributed by atoms with Crippen LogP contribution in [0.15, 0.2) is 24.4 Å². The van der Waals surface area contributed by atoms with Crippen molar-refractivity contribution in [1.82, 2.24) is 9.78 Å². The number of carbonyl (C=O) groups excluding carboxylic acids is 1. The average Bonchev–Trinajstić information content (AvgIpc) is 2.92. The maximum absolute atomic E-state index is 13.4. The largest absolute Gasteiger partial charge is 0.462 e. The molecule has 2 rings (SSSR count). The fourth-order valence-corrected chi connectivity index (χ4v) is 2.12. The van der Waals surface area contributed by atoms with E-state index in [9.17, 15) is 18.0 Å². The van der Waals surface area contributed by atoms with Gasteiger partial charge in [0.15, 0.2) is 5.69 Å². The van der Waals surface area contributed by atoms with Gasteiger partial charge in [0.05, 0.1) is 30.1 Å². The van der Waals surface area contributed by atoms with Crippen molar-refractivity contribution < 1.29 is 22.7 Å². The van der Waals surface area contributed by atoms with Gasteiger partial charge in [-0.05, 0) is 37.6 Å². The number of rotatable bonds is 3. The van der Waals surface area contributed by atoms with Gasteiger partial charge in [-0.2, -0.15) is 23.5 Å². The predicted molar refractivity (Wildman–Crippen MR) is 74.0 cm³/mol. The van der Waals surface area contributed by atoms with Crippen LogP contribution in [0.3, 0.4) is 0 Å². The van der Waals surface area contributed by atoms with Crippen LogP contribution in [0.2, 0.25) is 0 Å². The number of ether oxygens (including phenoxy) is 1. The van der Waals surface area contributed by atoms with E-state index in [0.29, 0.717) is 15.8 Å². The first-order valence-electron chi connectivity index (χ1n) is 6.63. The van der Waals surface area contributed by atoms with E-state index >= 15 is 0 Å². The quantitative estimate of drug-likeness (QED) is 0.813. The number of alkyl halides is 3. The Bertz CT molecular complexity index is 788. The molecule has 1 aromatic heterocycles. The zero-order valence-electron chi connectivity index (χ0n) is 12.3. The van der Waals surface area contributed by atoms with Crippen molar-refractivity contribution in [2.75, 3.05) is 6.61 Å². The summed E-state index contributed by atoms with van der Waals surface area (Å²) in [6.07, 6.45) is -3.96. The summed E-state index contributed by atoms with van der Waals surface area (Å²) >= 11 is 0. The van der Waals surface area contributed by atoms with E-state index in [4.69, 9.17) is 5.26 Å². The number of hydrogen-bond donors (Lipinski definition) is 0. The highest BCUT2D eigenvalue weighted by Gasteiger charge is 2.41. The third-order valence-corrected chi connectivity index (χ3v) is 3.09. The summed E-state index contributed by atoms with van der Waals surface area (Å²) in [7, 11) is 0. The number of aryl methyl sites for hydroxylation is 1. The summed E-state index contributed by atoms with van der Waals surface area (Å²) in [5.41, 5.74) is -0.982. The fourth-order valence-electron chi connectivity index (χ4n) is 2.12. The Morgan fingerprint density at radius 1 is 1.43 bits per heavy atom. The van der Waals surface area contributed by atoms with Crippen molar-refractivity contribution in [3.63, 3.8) is 0 Å². The molecule has 2 aromatic rings. The normalized spacial score (nSPS) is 11.1.